The molecule has 0 saturated carbocycles. The monoisotopic (exact) mass is 552 g/mol. The van der Waals surface area contributed by atoms with Crippen molar-refractivity contribution in [3.8, 4) is 23.0 Å². The molecular weight excluding hydrogens is 523 g/mol. The number of hydrogen-bond donors (Lipinski definition) is 0. The van der Waals surface area contributed by atoms with Gasteiger partial charge in [0.2, 0.25) is 0 Å². The maximum atomic E-state index is 5.48. The quantitative estimate of drug-likeness (QED) is 0.236. The summed E-state index contributed by atoms with van der Waals surface area (Å²) in [5, 5.41) is 0.374. The molecule has 0 heterocycles. The molecule has 0 aliphatic carbocycles. The van der Waals surface area contributed by atoms with Crippen molar-refractivity contribution in [2.75, 3.05) is 28.4 Å². The zero-order valence-corrected chi connectivity index (χ0v) is 22.9. The molecule has 4 aromatic rings. The van der Waals surface area contributed by atoms with Gasteiger partial charge in [-0.1, -0.05) is 0 Å². The Hall–Kier alpha value is -3.01. The van der Waals surface area contributed by atoms with E-state index in [1.165, 1.54) is 21.5 Å². The van der Waals surface area contributed by atoms with E-state index in [-0.39, 0.29) is 0 Å². The third kappa shape index (κ3) is 4.63. The van der Waals surface area contributed by atoms with Crippen LogP contribution in [0.3, 0.4) is 0 Å². The van der Waals surface area contributed by atoms with Crippen LogP contribution in [0.4, 0.5) is 0 Å². The number of benzene rings is 4. The average molecular weight is 553 g/mol. The number of rotatable bonds is 9. The first-order chi connectivity index (χ1) is 16.9. The van der Waals surface area contributed by atoms with E-state index in [0.717, 1.165) is 29.2 Å². The van der Waals surface area contributed by atoms with Crippen molar-refractivity contribution in [1.82, 2.24) is 0 Å². The van der Waals surface area contributed by atoms with E-state index in [4.69, 9.17) is 18.9 Å². The summed E-state index contributed by atoms with van der Waals surface area (Å²) in [4.78, 5) is 0. The topological polar surface area (TPSA) is 36.9 Å². The standard InChI is InChI=1S/C29H30BrO4P/c1-31-23-7-5-22(6-8-23)21-35(30,27-15-9-24(32-2)10-16-27,28-17-11-25(33-3)12-18-28)29-19-13-26(34-4)14-20-29/h5-20H,21H2,1-4H3. The second-order valence-electron chi connectivity index (χ2n) is 8.28. The first-order valence-corrected chi connectivity index (χ1v) is 15.7. The van der Waals surface area contributed by atoms with Crippen LogP contribution in [-0.2, 0) is 6.16 Å². The Labute approximate surface area is 215 Å². The van der Waals surface area contributed by atoms with Gasteiger partial charge in [-0.2, -0.15) is 0 Å². The Morgan fingerprint density at radius 3 is 0.971 bits per heavy atom. The molecule has 0 amide bonds. The van der Waals surface area contributed by atoms with Crippen LogP contribution in [0.15, 0.2) is 97.1 Å². The summed E-state index contributed by atoms with van der Waals surface area (Å²) >= 11 is 4.51. The normalized spacial score (nSPS) is 12.3. The summed E-state index contributed by atoms with van der Waals surface area (Å²) in [5.74, 6) is 3.29. The van der Waals surface area contributed by atoms with Gasteiger partial charge in [0.1, 0.15) is 0 Å². The predicted octanol–water partition coefficient (Wildman–Crippen LogP) is 6.06. The molecule has 0 aliphatic rings. The van der Waals surface area contributed by atoms with Crippen LogP contribution in [0.1, 0.15) is 5.56 Å². The fourth-order valence-electron chi connectivity index (χ4n) is 4.47. The van der Waals surface area contributed by atoms with Crippen LogP contribution in [0.25, 0.3) is 0 Å². The zero-order chi connectivity index (χ0) is 24.9. The van der Waals surface area contributed by atoms with Gasteiger partial charge in [0.25, 0.3) is 0 Å². The van der Waals surface area contributed by atoms with Gasteiger partial charge in [-0.05, 0) is 0 Å². The molecule has 0 aliphatic heterocycles. The second kappa shape index (κ2) is 10.3. The van der Waals surface area contributed by atoms with Gasteiger partial charge >= 0.3 is 216 Å². The van der Waals surface area contributed by atoms with E-state index in [9.17, 15) is 0 Å². The number of methoxy groups -OCH3 is 4. The fraction of sp³-hybridized carbons (Fsp3) is 0.172. The van der Waals surface area contributed by atoms with E-state index in [1.54, 1.807) is 28.4 Å². The first kappa shape index (κ1) is 25.1. The minimum atomic E-state index is -3.22. The van der Waals surface area contributed by atoms with Crippen LogP contribution in [0.2, 0.25) is 0 Å². The van der Waals surface area contributed by atoms with E-state index < -0.39 is 5.31 Å². The molecule has 0 bridgehead atoms. The number of hydrogen-bond acceptors (Lipinski definition) is 4. The van der Waals surface area contributed by atoms with Crippen molar-refractivity contribution >= 4 is 36.7 Å². The molecule has 0 spiro atoms. The Morgan fingerprint density at radius 2 is 0.714 bits per heavy atom. The fourth-order valence-corrected chi connectivity index (χ4v) is 12.1. The van der Waals surface area contributed by atoms with Crippen LogP contribution in [-0.4, -0.2) is 28.4 Å². The average Bonchev–Trinajstić information content (AvgIpc) is 2.93. The summed E-state index contributed by atoms with van der Waals surface area (Å²) in [6.45, 7) is 0. The number of halogens is 1. The molecule has 35 heavy (non-hydrogen) atoms. The first-order valence-electron chi connectivity index (χ1n) is 11.2. The summed E-state index contributed by atoms with van der Waals surface area (Å²) in [6, 6.07) is 33.5. The van der Waals surface area contributed by atoms with Crippen molar-refractivity contribution in [1.29, 1.82) is 0 Å². The van der Waals surface area contributed by atoms with Crippen molar-refractivity contribution in [3.63, 3.8) is 0 Å². The zero-order valence-electron chi connectivity index (χ0n) is 20.4. The van der Waals surface area contributed by atoms with Crippen molar-refractivity contribution in [2.45, 2.75) is 6.16 Å². The number of ether oxygens (including phenoxy) is 4. The molecule has 0 N–H and O–H groups in total. The molecule has 0 radical (unpaired) electrons. The molecule has 0 aromatic heterocycles. The van der Waals surface area contributed by atoms with E-state index in [1.807, 2.05) is 48.5 Å². The summed E-state index contributed by atoms with van der Waals surface area (Å²) in [6.07, 6.45) is 0.764. The minimum absolute atomic E-state index is 0.764. The molecular formula is C29H30BrO4P. The SMILES string of the molecule is COc1ccc(CP(Br)(c2ccc(OC)cc2)(c2ccc(OC)cc2)c2ccc(OC)cc2)cc1. The molecule has 4 rings (SSSR count). The molecule has 4 nitrogen and oxygen atoms in total. The van der Waals surface area contributed by atoms with Crippen LogP contribution in [0, 0.1) is 0 Å². The van der Waals surface area contributed by atoms with Crippen molar-refractivity contribution in [3.05, 3.63) is 103 Å². The molecule has 0 fully saturated rings. The molecule has 0 saturated heterocycles. The second-order valence-corrected chi connectivity index (χ2v) is 17.2. The molecule has 4 aromatic carbocycles. The Kier molecular flexibility index (Phi) is 7.39. The summed E-state index contributed by atoms with van der Waals surface area (Å²) in [5.41, 5.74) is 1.20. The van der Waals surface area contributed by atoms with E-state index in [0.29, 0.717) is 0 Å². The summed E-state index contributed by atoms with van der Waals surface area (Å²) < 4.78 is 21.9. The van der Waals surface area contributed by atoms with Crippen LogP contribution in [0.5, 0.6) is 23.0 Å². The third-order valence-corrected chi connectivity index (χ3v) is 16.0. The van der Waals surface area contributed by atoms with E-state index in [2.05, 4.69) is 64.0 Å². The molecule has 0 unspecified atom stereocenters. The van der Waals surface area contributed by atoms with Gasteiger partial charge in [0, 0.05) is 0 Å². The molecule has 182 valence electrons. The van der Waals surface area contributed by atoms with Gasteiger partial charge in [0.05, 0.1) is 0 Å². The molecule has 0 atom stereocenters. The van der Waals surface area contributed by atoms with Gasteiger partial charge in [-0.3, -0.25) is 0 Å². The Morgan fingerprint density at radius 1 is 0.457 bits per heavy atom. The Bertz CT molecular complexity index is 1140. The maximum absolute atomic E-state index is 5.48. The van der Waals surface area contributed by atoms with E-state index >= 15 is 0 Å². The van der Waals surface area contributed by atoms with Gasteiger partial charge < -0.3 is 0 Å². The molecule has 6 heteroatoms. The van der Waals surface area contributed by atoms with Gasteiger partial charge in [0.15, 0.2) is 0 Å². The predicted molar refractivity (Wildman–Crippen MR) is 150 cm³/mol. The van der Waals surface area contributed by atoms with Crippen LogP contribution < -0.4 is 34.9 Å². The van der Waals surface area contributed by atoms with Crippen molar-refractivity contribution < 1.29 is 18.9 Å². The Balaban J connectivity index is 2.04. The van der Waals surface area contributed by atoms with Gasteiger partial charge in [-0.15, -0.1) is 0 Å². The third-order valence-electron chi connectivity index (χ3n) is 6.47. The van der Waals surface area contributed by atoms with Gasteiger partial charge in [-0.25, -0.2) is 0 Å². The van der Waals surface area contributed by atoms with Crippen LogP contribution >= 0.6 is 20.8 Å². The van der Waals surface area contributed by atoms with Crippen molar-refractivity contribution in [2.24, 2.45) is 0 Å². The summed E-state index contributed by atoms with van der Waals surface area (Å²) in [7, 11) is 6.75.